The minimum absolute atomic E-state index is 0. The third-order valence-electron chi connectivity index (χ3n) is 4.58. The van der Waals surface area contributed by atoms with Crippen LogP contribution in [-0.4, -0.2) is 53.9 Å². The Morgan fingerprint density at radius 3 is 2.42 bits per heavy atom. The summed E-state index contributed by atoms with van der Waals surface area (Å²) in [5.41, 5.74) is 2.55. The van der Waals surface area contributed by atoms with Crippen LogP contribution in [0.3, 0.4) is 0 Å². The number of benzene rings is 1. The molecular formula is C19H31IN6. The Balaban J connectivity index is 0.00000338. The summed E-state index contributed by atoms with van der Waals surface area (Å²) in [6.07, 6.45) is 3.78. The van der Waals surface area contributed by atoms with Crippen LogP contribution in [0.25, 0.3) is 0 Å². The molecule has 2 rings (SSSR count). The highest BCUT2D eigenvalue weighted by atomic mass is 127. The van der Waals surface area contributed by atoms with Gasteiger partial charge in [0.05, 0.1) is 6.54 Å². The maximum absolute atomic E-state index is 4.33. The third-order valence-corrected chi connectivity index (χ3v) is 4.58. The Morgan fingerprint density at radius 2 is 1.85 bits per heavy atom. The van der Waals surface area contributed by atoms with Crippen molar-refractivity contribution in [3.8, 4) is 0 Å². The van der Waals surface area contributed by atoms with E-state index in [2.05, 4.69) is 77.8 Å². The molecule has 0 spiro atoms. The van der Waals surface area contributed by atoms with E-state index in [4.69, 9.17) is 0 Å². The van der Waals surface area contributed by atoms with Crippen molar-refractivity contribution in [3.63, 3.8) is 0 Å². The molecule has 26 heavy (non-hydrogen) atoms. The van der Waals surface area contributed by atoms with Crippen molar-refractivity contribution in [3.05, 3.63) is 53.9 Å². The van der Waals surface area contributed by atoms with Gasteiger partial charge >= 0.3 is 0 Å². The first-order valence-corrected chi connectivity index (χ1v) is 8.58. The molecule has 0 aliphatic rings. The average molecular weight is 470 g/mol. The highest BCUT2D eigenvalue weighted by molar-refractivity contribution is 14.0. The summed E-state index contributed by atoms with van der Waals surface area (Å²) in [5.74, 6) is 0.809. The molecule has 0 aliphatic carbocycles. The van der Waals surface area contributed by atoms with Gasteiger partial charge in [-0.05, 0) is 45.1 Å². The average Bonchev–Trinajstić information content (AvgIpc) is 3.09. The van der Waals surface area contributed by atoms with E-state index in [9.17, 15) is 0 Å². The third kappa shape index (κ3) is 6.60. The number of likely N-dealkylation sites (N-methyl/N-ethyl adjacent to an activating group) is 1. The molecular weight excluding hydrogens is 439 g/mol. The van der Waals surface area contributed by atoms with Crippen LogP contribution in [-0.2, 0) is 13.1 Å². The van der Waals surface area contributed by atoms with Gasteiger partial charge in [0.1, 0.15) is 0 Å². The van der Waals surface area contributed by atoms with E-state index < -0.39 is 0 Å². The van der Waals surface area contributed by atoms with Crippen molar-refractivity contribution < 1.29 is 0 Å². The molecule has 0 aliphatic heterocycles. The van der Waals surface area contributed by atoms with E-state index in [0.717, 1.165) is 25.6 Å². The number of halogens is 1. The summed E-state index contributed by atoms with van der Waals surface area (Å²) in [6, 6.07) is 10.4. The van der Waals surface area contributed by atoms with E-state index in [1.807, 2.05) is 16.9 Å². The Hall–Kier alpha value is -1.61. The molecule has 1 aromatic carbocycles. The second-order valence-electron chi connectivity index (χ2n) is 6.96. The molecule has 0 bridgehead atoms. The van der Waals surface area contributed by atoms with Crippen molar-refractivity contribution in [1.82, 2.24) is 25.3 Å². The minimum Gasteiger partial charge on any atom is -0.355 e. The lowest BCUT2D eigenvalue weighted by atomic mass is 10.0. The fourth-order valence-electron chi connectivity index (χ4n) is 2.31. The molecule has 6 nitrogen and oxygen atoms in total. The molecule has 2 aromatic rings. The number of guanidine groups is 1. The number of aliphatic imine (C=N–C) groups is 1. The van der Waals surface area contributed by atoms with Crippen LogP contribution < -0.4 is 10.6 Å². The molecule has 0 atom stereocenters. The number of rotatable bonds is 7. The van der Waals surface area contributed by atoms with Gasteiger partial charge in [-0.3, -0.25) is 9.67 Å². The van der Waals surface area contributed by atoms with Crippen LogP contribution in [0, 0.1) is 0 Å². The van der Waals surface area contributed by atoms with Crippen LogP contribution in [0.5, 0.6) is 0 Å². The van der Waals surface area contributed by atoms with Gasteiger partial charge in [-0.15, -0.1) is 24.0 Å². The number of nitrogens with one attached hydrogen (secondary N) is 2. The van der Waals surface area contributed by atoms with Gasteiger partial charge in [0.15, 0.2) is 5.96 Å². The Labute approximate surface area is 174 Å². The largest absolute Gasteiger partial charge is 0.355 e. The molecule has 0 unspecified atom stereocenters. The highest BCUT2D eigenvalue weighted by Gasteiger charge is 2.20. The van der Waals surface area contributed by atoms with Gasteiger partial charge in [0.25, 0.3) is 0 Å². The standard InChI is InChI=1S/C19H30N6.HI/c1-19(2,24(4)5)15-22-18(20-3)21-13-16-9-6-7-10-17(16)14-25-12-8-11-23-25;/h6-12H,13-15H2,1-5H3,(H2,20,21,22);1H. The molecule has 0 amide bonds. The fraction of sp³-hybridized carbons (Fsp3) is 0.474. The van der Waals surface area contributed by atoms with Gasteiger partial charge < -0.3 is 15.5 Å². The maximum Gasteiger partial charge on any atom is 0.191 e. The van der Waals surface area contributed by atoms with Crippen LogP contribution in [0.15, 0.2) is 47.7 Å². The summed E-state index contributed by atoms with van der Waals surface area (Å²) in [4.78, 5) is 6.53. The topological polar surface area (TPSA) is 57.5 Å². The van der Waals surface area contributed by atoms with Crippen LogP contribution in [0.4, 0.5) is 0 Å². The first-order chi connectivity index (χ1) is 11.9. The van der Waals surface area contributed by atoms with Crippen molar-refractivity contribution in [2.24, 2.45) is 4.99 Å². The van der Waals surface area contributed by atoms with Gasteiger partial charge in [-0.1, -0.05) is 24.3 Å². The van der Waals surface area contributed by atoms with Crippen LogP contribution >= 0.6 is 24.0 Å². The number of nitrogens with zero attached hydrogens (tertiary/aromatic N) is 4. The first-order valence-electron chi connectivity index (χ1n) is 8.58. The molecule has 0 radical (unpaired) electrons. The van der Waals surface area contributed by atoms with E-state index >= 15 is 0 Å². The zero-order chi connectivity index (χ0) is 18.3. The smallest absolute Gasteiger partial charge is 0.191 e. The summed E-state index contributed by atoms with van der Waals surface area (Å²) in [5, 5.41) is 11.1. The van der Waals surface area contributed by atoms with Gasteiger partial charge in [0, 0.05) is 38.1 Å². The van der Waals surface area contributed by atoms with E-state index in [1.54, 1.807) is 13.2 Å². The second kappa shape index (κ2) is 10.5. The second-order valence-corrected chi connectivity index (χ2v) is 6.96. The molecule has 1 aromatic heterocycles. The minimum atomic E-state index is 0. The van der Waals surface area contributed by atoms with Crippen LogP contribution in [0.1, 0.15) is 25.0 Å². The zero-order valence-corrected chi connectivity index (χ0v) is 18.7. The van der Waals surface area contributed by atoms with Crippen molar-refractivity contribution >= 4 is 29.9 Å². The highest BCUT2D eigenvalue weighted by Crippen LogP contribution is 2.10. The quantitative estimate of drug-likeness (QED) is 0.371. The Kier molecular flexibility index (Phi) is 9.07. The predicted octanol–water partition coefficient (Wildman–Crippen LogP) is 2.55. The number of aromatic nitrogens is 2. The van der Waals surface area contributed by atoms with Gasteiger partial charge in [-0.2, -0.15) is 5.10 Å². The zero-order valence-electron chi connectivity index (χ0n) is 16.4. The molecule has 2 N–H and O–H groups in total. The lowest BCUT2D eigenvalue weighted by Gasteiger charge is -2.33. The van der Waals surface area contributed by atoms with Gasteiger partial charge in [0.2, 0.25) is 0 Å². The summed E-state index contributed by atoms with van der Waals surface area (Å²) in [6.45, 7) is 6.71. The van der Waals surface area contributed by atoms with Crippen molar-refractivity contribution in [2.75, 3.05) is 27.7 Å². The molecule has 144 valence electrons. The summed E-state index contributed by atoms with van der Waals surface area (Å²) < 4.78 is 1.94. The maximum atomic E-state index is 4.33. The SMILES string of the molecule is CN=C(NCc1ccccc1Cn1cccn1)NCC(C)(C)N(C)C.I. The van der Waals surface area contributed by atoms with E-state index in [-0.39, 0.29) is 29.5 Å². The van der Waals surface area contributed by atoms with E-state index in [0.29, 0.717) is 0 Å². The predicted molar refractivity (Wildman–Crippen MR) is 119 cm³/mol. The van der Waals surface area contributed by atoms with Crippen LogP contribution in [0.2, 0.25) is 0 Å². The number of hydrogen-bond donors (Lipinski definition) is 2. The first kappa shape index (κ1) is 22.4. The lowest BCUT2D eigenvalue weighted by molar-refractivity contribution is 0.197. The molecule has 0 saturated heterocycles. The van der Waals surface area contributed by atoms with Crippen molar-refractivity contribution in [2.45, 2.75) is 32.5 Å². The Bertz CT molecular complexity index is 679. The fourth-order valence-corrected chi connectivity index (χ4v) is 2.31. The number of hydrogen-bond acceptors (Lipinski definition) is 3. The normalized spacial score (nSPS) is 12.0. The molecule has 7 heteroatoms. The molecule has 0 saturated carbocycles. The van der Waals surface area contributed by atoms with E-state index in [1.165, 1.54) is 11.1 Å². The lowest BCUT2D eigenvalue weighted by Crippen LogP contribution is -2.50. The Morgan fingerprint density at radius 1 is 1.15 bits per heavy atom. The summed E-state index contributed by atoms with van der Waals surface area (Å²) in [7, 11) is 5.97. The molecule has 1 heterocycles. The monoisotopic (exact) mass is 470 g/mol. The molecule has 0 fully saturated rings. The van der Waals surface area contributed by atoms with Gasteiger partial charge in [-0.25, -0.2) is 0 Å². The summed E-state index contributed by atoms with van der Waals surface area (Å²) >= 11 is 0. The van der Waals surface area contributed by atoms with Crippen molar-refractivity contribution in [1.29, 1.82) is 0 Å².